The number of imidazole rings is 1. The van der Waals surface area contributed by atoms with Crippen molar-refractivity contribution in [2.45, 2.75) is 52.3 Å². The highest BCUT2D eigenvalue weighted by atomic mass is 16.5. The Kier molecular flexibility index (Phi) is 5.12. The third-order valence-corrected chi connectivity index (χ3v) is 5.19. The van der Waals surface area contributed by atoms with E-state index in [1.54, 1.807) is 0 Å². The number of hydrogen-bond donors (Lipinski definition) is 0. The third kappa shape index (κ3) is 3.83. The molecule has 0 amide bonds. The summed E-state index contributed by atoms with van der Waals surface area (Å²) < 4.78 is 8.02. The van der Waals surface area contributed by atoms with Gasteiger partial charge in [0.25, 0.3) is 0 Å². The molecule has 0 saturated carbocycles. The molecule has 0 unspecified atom stereocenters. The minimum Gasteiger partial charge on any atom is -0.491 e. The Labute approximate surface area is 161 Å². The second-order valence-corrected chi connectivity index (χ2v) is 7.59. The van der Waals surface area contributed by atoms with Crippen LogP contribution < -0.4 is 4.74 Å². The van der Waals surface area contributed by atoms with Gasteiger partial charge in [-0.3, -0.25) is 4.90 Å². The second-order valence-electron chi connectivity index (χ2n) is 7.59. The van der Waals surface area contributed by atoms with Gasteiger partial charge in [-0.05, 0) is 63.6 Å². The van der Waals surface area contributed by atoms with Gasteiger partial charge in [0.2, 0.25) is 0 Å². The molecular weight excluding hydrogens is 336 g/mol. The normalized spacial score (nSPS) is 17.9. The largest absolute Gasteiger partial charge is 0.491 e. The Morgan fingerprint density at radius 1 is 1.19 bits per heavy atom. The van der Waals surface area contributed by atoms with E-state index in [4.69, 9.17) is 9.72 Å². The molecule has 27 heavy (non-hydrogen) atoms. The number of rotatable bonds is 6. The molecule has 1 atom stereocenters. The van der Waals surface area contributed by atoms with Crippen molar-refractivity contribution in [3.8, 4) is 5.75 Å². The Hall–Kier alpha value is -2.40. The highest BCUT2D eigenvalue weighted by Crippen LogP contribution is 2.30. The number of fused-ring (bicyclic) bond motifs is 1. The summed E-state index contributed by atoms with van der Waals surface area (Å²) >= 11 is 0. The molecule has 0 radical (unpaired) electrons. The third-order valence-electron chi connectivity index (χ3n) is 5.19. The zero-order chi connectivity index (χ0) is 18.8. The Morgan fingerprint density at radius 3 is 2.74 bits per heavy atom. The Morgan fingerprint density at radius 2 is 2.00 bits per heavy atom. The maximum Gasteiger partial charge on any atom is 0.159 e. The van der Waals surface area contributed by atoms with E-state index in [0.717, 1.165) is 49.5 Å². The highest BCUT2D eigenvalue weighted by Gasteiger charge is 2.28. The molecule has 2 aromatic heterocycles. The monoisotopic (exact) mass is 364 g/mol. The van der Waals surface area contributed by atoms with Gasteiger partial charge in [0, 0.05) is 31.7 Å². The number of likely N-dealkylation sites (tertiary alicyclic amines) is 1. The molecule has 0 bridgehead atoms. The van der Waals surface area contributed by atoms with Crippen LogP contribution in [0, 0.1) is 0 Å². The first-order chi connectivity index (χ1) is 13.1. The summed E-state index contributed by atoms with van der Waals surface area (Å²) in [5, 5.41) is 0. The number of hydrogen-bond acceptors (Lipinski definition) is 4. The number of aromatic nitrogens is 3. The van der Waals surface area contributed by atoms with E-state index < -0.39 is 0 Å². The van der Waals surface area contributed by atoms with Crippen LogP contribution >= 0.6 is 0 Å². The molecule has 3 heterocycles. The molecule has 1 fully saturated rings. The summed E-state index contributed by atoms with van der Waals surface area (Å²) in [4.78, 5) is 12.0. The zero-order valence-electron chi connectivity index (χ0n) is 16.4. The van der Waals surface area contributed by atoms with E-state index in [-0.39, 0.29) is 6.10 Å². The molecule has 5 nitrogen and oxygen atoms in total. The molecule has 1 aliphatic heterocycles. The SMILES string of the molecule is CCn1c([C@@H]2CCN(Cc3ccc(OC(C)C)cc3)C2)nc2cccnc21. The van der Waals surface area contributed by atoms with Crippen molar-refractivity contribution in [2.75, 3.05) is 13.1 Å². The predicted octanol–water partition coefficient (Wildman–Crippen LogP) is 4.23. The predicted molar refractivity (Wildman–Crippen MR) is 108 cm³/mol. The summed E-state index contributed by atoms with van der Waals surface area (Å²) in [5.74, 6) is 2.61. The van der Waals surface area contributed by atoms with Crippen molar-refractivity contribution in [1.82, 2.24) is 19.4 Å². The van der Waals surface area contributed by atoms with Crippen molar-refractivity contribution in [3.05, 3.63) is 54.0 Å². The van der Waals surface area contributed by atoms with E-state index in [2.05, 4.69) is 65.6 Å². The van der Waals surface area contributed by atoms with Crippen LogP contribution in [0.25, 0.3) is 11.2 Å². The molecule has 1 saturated heterocycles. The van der Waals surface area contributed by atoms with Crippen LogP contribution in [0.3, 0.4) is 0 Å². The van der Waals surface area contributed by atoms with Crippen molar-refractivity contribution in [1.29, 1.82) is 0 Å². The molecule has 0 spiro atoms. The minimum atomic E-state index is 0.211. The lowest BCUT2D eigenvalue weighted by atomic mass is 10.1. The Balaban J connectivity index is 1.45. The van der Waals surface area contributed by atoms with Gasteiger partial charge in [-0.25, -0.2) is 9.97 Å². The van der Waals surface area contributed by atoms with Gasteiger partial charge in [0.15, 0.2) is 5.65 Å². The lowest BCUT2D eigenvalue weighted by Crippen LogP contribution is -2.20. The summed E-state index contributed by atoms with van der Waals surface area (Å²) in [7, 11) is 0. The van der Waals surface area contributed by atoms with E-state index in [1.807, 2.05) is 12.3 Å². The average Bonchev–Trinajstić information content (AvgIpc) is 3.26. The average molecular weight is 364 g/mol. The molecule has 1 aliphatic rings. The van der Waals surface area contributed by atoms with Crippen LogP contribution in [0.5, 0.6) is 5.75 Å². The summed E-state index contributed by atoms with van der Waals surface area (Å²) in [6.07, 6.45) is 3.22. The lowest BCUT2D eigenvalue weighted by Gasteiger charge is -2.17. The van der Waals surface area contributed by atoms with Gasteiger partial charge < -0.3 is 9.30 Å². The Bertz CT molecular complexity index is 900. The standard InChI is InChI=1S/C22H28N4O/c1-4-26-21(24-20-6-5-12-23-22(20)26)18-11-13-25(15-18)14-17-7-9-19(10-8-17)27-16(2)3/h5-10,12,16,18H,4,11,13-15H2,1-3H3/t18-/m1/s1. The fourth-order valence-electron chi connectivity index (χ4n) is 3.99. The lowest BCUT2D eigenvalue weighted by molar-refractivity contribution is 0.242. The van der Waals surface area contributed by atoms with Gasteiger partial charge in [0.1, 0.15) is 17.1 Å². The van der Waals surface area contributed by atoms with E-state index in [1.165, 1.54) is 11.4 Å². The van der Waals surface area contributed by atoms with Gasteiger partial charge in [-0.2, -0.15) is 0 Å². The molecule has 0 N–H and O–H groups in total. The summed E-state index contributed by atoms with van der Waals surface area (Å²) in [6.45, 7) is 10.3. The van der Waals surface area contributed by atoms with Crippen LogP contribution in [0.1, 0.15) is 44.5 Å². The summed E-state index contributed by atoms with van der Waals surface area (Å²) in [6, 6.07) is 12.5. The van der Waals surface area contributed by atoms with Crippen LogP contribution in [0.2, 0.25) is 0 Å². The molecule has 5 heteroatoms. The van der Waals surface area contributed by atoms with Crippen LogP contribution in [-0.4, -0.2) is 38.6 Å². The number of nitrogens with zero attached hydrogens (tertiary/aromatic N) is 4. The van der Waals surface area contributed by atoms with Crippen LogP contribution in [0.4, 0.5) is 0 Å². The van der Waals surface area contributed by atoms with E-state index in [0.29, 0.717) is 5.92 Å². The molecule has 4 rings (SSSR count). The van der Waals surface area contributed by atoms with Crippen molar-refractivity contribution >= 4 is 11.2 Å². The fraction of sp³-hybridized carbons (Fsp3) is 0.455. The zero-order valence-corrected chi connectivity index (χ0v) is 16.4. The van der Waals surface area contributed by atoms with Crippen molar-refractivity contribution < 1.29 is 4.74 Å². The first-order valence-corrected chi connectivity index (χ1v) is 9.93. The topological polar surface area (TPSA) is 43.2 Å². The summed E-state index contributed by atoms with van der Waals surface area (Å²) in [5.41, 5.74) is 3.35. The maximum absolute atomic E-state index is 5.74. The highest BCUT2D eigenvalue weighted by molar-refractivity contribution is 5.71. The molecular formula is C22H28N4O. The van der Waals surface area contributed by atoms with Crippen LogP contribution in [-0.2, 0) is 13.1 Å². The fourth-order valence-corrected chi connectivity index (χ4v) is 3.99. The molecule has 3 aromatic rings. The first-order valence-electron chi connectivity index (χ1n) is 9.93. The van der Waals surface area contributed by atoms with Crippen molar-refractivity contribution in [2.24, 2.45) is 0 Å². The maximum atomic E-state index is 5.74. The van der Waals surface area contributed by atoms with E-state index >= 15 is 0 Å². The minimum absolute atomic E-state index is 0.211. The van der Waals surface area contributed by atoms with E-state index in [9.17, 15) is 0 Å². The first kappa shape index (κ1) is 18.0. The van der Waals surface area contributed by atoms with Crippen molar-refractivity contribution in [3.63, 3.8) is 0 Å². The van der Waals surface area contributed by atoms with Gasteiger partial charge in [0.05, 0.1) is 6.10 Å². The quantitative estimate of drug-likeness (QED) is 0.656. The van der Waals surface area contributed by atoms with Gasteiger partial charge in [-0.1, -0.05) is 12.1 Å². The molecule has 0 aliphatic carbocycles. The smallest absolute Gasteiger partial charge is 0.159 e. The van der Waals surface area contributed by atoms with Crippen LogP contribution in [0.15, 0.2) is 42.6 Å². The second kappa shape index (κ2) is 7.69. The van der Waals surface area contributed by atoms with Gasteiger partial charge >= 0.3 is 0 Å². The van der Waals surface area contributed by atoms with Gasteiger partial charge in [-0.15, -0.1) is 0 Å². The number of aryl methyl sites for hydroxylation is 1. The number of pyridine rings is 1. The molecule has 1 aromatic carbocycles. The number of benzene rings is 1. The molecule has 142 valence electrons. The number of ether oxygens (including phenoxy) is 1.